The van der Waals surface area contributed by atoms with Gasteiger partial charge >= 0.3 is 0 Å². The summed E-state index contributed by atoms with van der Waals surface area (Å²) in [7, 11) is 0. The molecule has 3 rings (SSSR count). The van der Waals surface area contributed by atoms with Crippen molar-refractivity contribution in [3.05, 3.63) is 30.1 Å². The van der Waals surface area contributed by atoms with Crippen LogP contribution in [0, 0.1) is 16.7 Å². The van der Waals surface area contributed by atoms with Crippen molar-refractivity contribution in [1.29, 1.82) is 5.26 Å². The van der Waals surface area contributed by atoms with Crippen LogP contribution in [-0.4, -0.2) is 9.97 Å². The maximum absolute atomic E-state index is 9.02. The highest BCUT2D eigenvalue weighted by molar-refractivity contribution is 5.75. The molecule has 0 spiro atoms. The first-order valence-corrected chi connectivity index (χ1v) is 5.15. The minimum absolute atomic E-state index is 0.0618. The van der Waals surface area contributed by atoms with Crippen LogP contribution < -0.4 is 0 Å². The van der Waals surface area contributed by atoms with Crippen LogP contribution in [0.2, 0.25) is 0 Å². The number of hydrogen-bond donors (Lipinski definition) is 1. The Bertz CT molecular complexity index is 543. The van der Waals surface area contributed by atoms with E-state index in [1.165, 1.54) is 5.56 Å². The number of imidazole rings is 1. The molecule has 1 fully saturated rings. The first kappa shape index (κ1) is 8.49. The zero-order valence-corrected chi connectivity index (χ0v) is 8.33. The van der Waals surface area contributed by atoms with Crippen molar-refractivity contribution < 1.29 is 0 Å². The predicted octanol–water partition coefficient (Wildman–Crippen LogP) is 2.41. The molecule has 1 aromatic heterocycles. The van der Waals surface area contributed by atoms with Crippen LogP contribution in [0.5, 0.6) is 0 Å². The highest BCUT2D eigenvalue weighted by atomic mass is 14.9. The van der Waals surface area contributed by atoms with Crippen LogP contribution in [0.4, 0.5) is 0 Å². The van der Waals surface area contributed by atoms with Gasteiger partial charge in [0.1, 0.15) is 0 Å². The van der Waals surface area contributed by atoms with E-state index in [-0.39, 0.29) is 5.41 Å². The first-order chi connectivity index (χ1) is 7.31. The molecule has 2 aromatic rings. The van der Waals surface area contributed by atoms with Gasteiger partial charge in [-0.05, 0) is 37.0 Å². The van der Waals surface area contributed by atoms with E-state index in [0.717, 1.165) is 30.3 Å². The molecule has 1 saturated carbocycles. The summed E-state index contributed by atoms with van der Waals surface area (Å²) in [5.41, 5.74) is 3.21. The predicted molar refractivity (Wildman–Crippen MR) is 57.1 cm³/mol. The molecule has 0 bridgehead atoms. The summed E-state index contributed by atoms with van der Waals surface area (Å²) < 4.78 is 0. The number of rotatable bonds is 2. The van der Waals surface area contributed by atoms with Crippen LogP contribution in [0.25, 0.3) is 11.0 Å². The Morgan fingerprint density at radius 1 is 1.47 bits per heavy atom. The normalized spacial score (nSPS) is 17.5. The molecule has 1 heterocycles. The molecular formula is C12H11N3. The molecule has 1 N–H and O–H groups in total. The van der Waals surface area contributed by atoms with Gasteiger partial charge in [0.2, 0.25) is 0 Å². The van der Waals surface area contributed by atoms with Gasteiger partial charge in [-0.2, -0.15) is 5.26 Å². The molecule has 0 amide bonds. The zero-order valence-electron chi connectivity index (χ0n) is 8.33. The third-order valence-electron chi connectivity index (χ3n) is 3.12. The van der Waals surface area contributed by atoms with Gasteiger partial charge in [-0.1, -0.05) is 6.07 Å². The molecule has 3 nitrogen and oxygen atoms in total. The Morgan fingerprint density at radius 2 is 2.33 bits per heavy atom. The van der Waals surface area contributed by atoms with Crippen LogP contribution in [0.3, 0.4) is 0 Å². The van der Waals surface area contributed by atoms with Gasteiger partial charge in [-0.3, -0.25) is 0 Å². The fraction of sp³-hybridized carbons (Fsp3) is 0.333. The fourth-order valence-electron chi connectivity index (χ4n) is 1.96. The third-order valence-corrected chi connectivity index (χ3v) is 3.12. The van der Waals surface area contributed by atoms with E-state index in [1.54, 1.807) is 6.33 Å². The van der Waals surface area contributed by atoms with Gasteiger partial charge < -0.3 is 4.98 Å². The van der Waals surface area contributed by atoms with Crippen molar-refractivity contribution in [3.63, 3.8) is 0 Å². The first-order valence-electron chi connectivity index (χ1n) is 5.15. The topological polar surface area (TPSA) is 52.5 Å². The van der Waals surface area contributed by atoms with E-state index in [4.69, 9.17) is 5.26 Å². The average molecular weight is 197 g/mol. The Kier molecular flexibility index (Phi) is 1.60. The van der Waals surface area contributed by atoms with Crippen molar-refractivity contribution in [1.82, 2.24) is 9.97 Å². The van der Waals surface area contributed by atoms with Gasteiger partial charge in [0.15, 0.2) is 0 Å². The molecule has 0 unspecified atom stereocenters. The van der Waals surface area contributed by atoms with Gasteiger partial charge in [-0.25, -0.2) is 4.98 Å². The Labute approximate surface area is 87.8 Å². The lowest BCUT2D eigenvalue weighted by Crippen LogP contribution is -2.00. The zero-order chi connectivity index (χ0) is 10.3. The summed E-state index contributed by atoms with van der Waals surface area (Å²) in [4.78, 5) is 7.26. The molecule has 0 atom stereocenters. The van der Waals surface area contributed by atoms with E-state index in [9.17, 15) is 0 Å². The molecular weight excluding hydrogens is 186 g/mol. The SMILES string of the molecule is N#CC1(Cc2ccc3nc[nH]c3c2)CC1. The number of benzene rings is 1. The van der Waals surface area contributed by atoms with Gasteiger partial charge in [0.25, 0.3) is 0 Å². The van der Waals surface area contributed by atoms with E-state index >= 15 is 0 Å². The molecule has 74 valence electrons. The van der Waals surface area contributed by atoms with Crippen molar-refractivity contribution in [2.75, 3.05) is 0 Å². The molecule has 1 aromatic carbocycles. The minimum Gasteiger partial charge on any atom is -0.345 e. The van der Waals surface area contributed by atoms with E-state index in [0.29, 0.717) is 0 Å². The van der Waals surface area contributed by atoms with Crippen LogP contribution in [-0.2, 0) is 6.42 Å². The molecule has 0 radical (unpaired) electrons. The molecule has 0 aliphatic heterocycles. The number of aromatic amines is 1. The molecule has 3 heteroatoms. The lowest BCUT2D eigenvalue weighted by Gasteiger charge is -2.04. The van der Waals surface area contributed by atoms with Gasteiger partial charge in [-0.15, -0.1) is 0 Å². The van der Waals surface area contributed by atoms with Crippen molar-refractivity contribution in [2.24, 2.45) is 5.41 Å². The summed E-state index contributed by atoms with van der Waals surface area (Å²) in [6.45, 7) is 0. The summed E-state index contributed by atoms with van der Waals surface area (Å²) in [6.07, 6.45) is 4.67. The van der Waals surface area contributed by atoms with Crippen molar-refractivity contribution in [3.8, 4) is 6.07 Å². The Morgan fingerprint density at radius 3 is 3.07 bits per heavy atom. The van der Waals surface area contributed by atoms with Crippen LogP contribution in [0.1, 0.15) is 18.4 Å². The monoisotopic (exact) mass is 197 g/mol. The number of aromatic nitrogens is 2. The number of fused-ring (bicyclic) bond motifs is 1. The highest BCUT2D eigenvalue weighted by Gasteiger charge is 2.42. The maximum Gasteiger partial charge on any atom is 0.0931 e. The lowest BCUT2D eigenvalue weighted by molar-refractivity contribution is 0.665. The van der Waals surface area contributed by atoms with Crippen LogP contribution >= 0.6 is 0 Å². The van der Waals surface area contributed by atoms with Gasteiger partial charge in [0, 0.05) is 0 Å². The number of nitrogens with one attached hydrogen (secondary N) is 1. The fourth-order valence-corrected chi connectivity index (χ4v) is 1.96. The number of nitrogens with zero attached hydrogens (tertiary/aromatic N) is 2. The summed E-state index contributed by atoms with van der Waals surface area (Å²) in [5.74, 6) is 0. The van der Waals surface area contributed by atoms with E-state index in [2.05, 4.69) is 28.2 Å². The molecule has 1 aliphatic carbocycles. The largest absolute Gasteiger partial charge is 0.345 e. The number of H-pyrrole nitrogens is 1. The smallest absolute Gasteiger partial charge is 0.0931 e. The lowest BCUT2D eigenvalue weighted by atomic mass is 9.98. The molecule has 0 saturated heterocycles. The average Bonchev–Trinajstić information content (AvgIpc) is 2.88. The second-order valence-electron chi connectivity index (χ2n) is 4.32. The minimum atomic E-state index is -0.0618. The summed E-state index contributed by atoms with van der Waals surface area (Å²) in [5, 5.41) is 9.02. The number of hydrogen-bond acceptors (Lipinski definition) is 2. The van der Waals surface area contributed by atoms with E-state index in [1.807, 2.05) is 6.07 Å². The highest BCUT2D eigenvalue weighted by Crippen LogP contribution is 2.47. The molecule has 1 aliphatic rings. The van der Waals surface area contributed by atoms with E-state index < -0.39 is 0 Å². The van der Waals surface area contributed by atoms with Crippen molar-refractivity contribution >= 4 is 11.0 Å². The van der Waals surface area contributed by atoms with Crippen LogP contribution in [0.15, 0.2) is 24.5 Å². The maximum atomic E-state index is 9.02. The quantitative estimate of drug-likeness (QED) is 0.803. The second-order valence-corrected chi connectivity index (χ2v) is 4.32. The Balaban J connectivity index is 1.95. The Hall–Kier alpha value is -1.82. The summed E-state index contributed by atoms with van der Waals surface area (Å²) in [6, 6.07) is 8.59. The standard InChI is InChI=1S/C12H11N3/c13-7-12(3-4-12)6-9-1-2-10-11(5-9)15-8-14-10/h1-2,5,8H,3-4,6H2,(H,14,15). The van der Waals surface area contributed by atoms with Gasteiger partial charge in [0.05, 0.1) is 28.8 Å². The molecule has 15 heavy (non-hydrogen) atoms. The second kappa shape index (κ2) is 2.83. The third kappa shape index (κ3) is 1.39. The van der Waals surface area contributed by atoms with Crippen molar-refractivity contribution in [2.45, 2.75) is 19.3 Å². The summed E-state index contributed by atoms with van der Waals surface area (Å²) >= 11 is 0. The number of nitriles is 1.